The standard InChI is InChI=1S/C12H10ClFO2S/c1-16-10-3-2-7(4-9(10)14)12(15)11-5-8(13)6-17-11/h2-6,12,15H,1H3. The second-order valence-electron chi connectivity index (χ2n) is 3.46. The third-order valence-corrected chi connectivity index (χ3v) is 3.68. The topological polar surface area (TPSA) is 29.5 Å². The Morgan fingerprint density at radius 3 is 2.71 bits per heavy atom. The van der Waals surface area contributed by atoms with Gasteiger partial charge in [-0.2, -0.15) is 0 Å². The fraction of sp³-hybridized carbons (Fsp3) is 0.167. The van der Waals surface area contributed by atoms with E-state index in [9.17, 15) is 9.50 Å². The summed E-state index contributed by atoms with van der Waals surface area (Å²) >= 11 is 7.11. The van der Waals surface area contributed by atoms with E-state index in [1.807, 2.05) is 0 Å². The zero-order valence-corrected chi connectivity index (χ0v) is 10.6. The number of halogens is 2. The van der Waals surface area contributed by atoms with E-state index in [0.29, 0.717) is 15.5 Å². The maximum absolute atomic E-state index is 13.5. The summed E-state index contributed by atoms with van der Waals surface area (Å²) in [7, 11) is 1.40. The molecule has 0 radical (unpaired) electrons. The molecule has 90 valence electrons. The van der Waals surface area contributed by atoms with Crippen LogP contribution in [0.15, 0.2) is 29.6 Å². The normalized spacial score (nSPS) is 12.5. The third-order valence-electron chi connectivity index (χ3n) is 2.35. The molecule has 0 aliphatic heterocycles. The summed E-state index contributed by atoms with van der Waals surface area (Å²) in [6, 6.07) is 6.04. The number of benzene rings is 1. The number of ether oxygens (including phenoxy) is 1. The van der Waals surface area contributed by atoms with Crippen molar-refractivity contribution in [2.24, 2.45) is 0 Å². The van der Waals surface area contributed by atoms with Crippen LogP contribution in [0.2, 0.25) is 5.02 Å². The van der Waals surface area contributed by atoms with Crippen LogP contribution >= 0.6 is 22.9 Å². The van der Waals surface area contributed by atoms with Crippen LogP contribution < -0.4 is 4.74 Å². The van der Waals surface area contributed by atoms with Gasteiger partial charge in [0.05, 0.1) is 12.1 Å². The van der Waals surface area contributed by atoms with E-state index in [4.69, 9.17) is 16.3 Å². The van der Waals surface area contributed by atoms with Crippen molar-refractivity contribution in [2.45, 2.75) is 6.10 Å². The first-order valence-electron chi connectivity index (χ1n) is 4.87. The van der Waals surface area contributed by atoms with E-state index in [1.165, 1.54) is 30.6 Å². The zero-order valence-electron chi connectivity index (χ0n) is 8.98. The quantitative estimate of drug-likeness (QED) is 0.924. The van der Waals surface area contributed by atoms with E-state index >= 15 is 0 Å². The molecule has 0 bridgehead atoms. The molecule has 17 heavy (non-hydrogen) atoms. The van der Waals surface area contributed by atoms with E-state index in [1.54, 1.807) is 17.5 Å². The molecule has 2 aromatic rings. The molecule has 0 saturated heterocycles. The minimum atomic E-state index is -0.868. The first-order valence-corrected chi connectivity index (χ1v) is 6.13. The number of aliphatic hydroxyl groups excluding tert-OH is 1. The fourth-order valence-corrected chi connectivity index (χ4v) is 2.58. The van der Waals surface area contributed by atoms with Crippen LogP contribution in [0.3, 0.4) is 0 Å². The van der Waals surface area contributed by atoms with Gasteiger partial charge < -0.3 is 9.84 Å². The number of thiophene rings is 1. The summed E-state index contributed by atoms with van der Waals surface area (Å²) in [6.07, 6.45) is -0.868. The lowest BCUT2D eigenvalue weighted by Crippen LogP contribution is -1.98. The molecule has 1 N–H and O–H groups in total. The second kappa shape index (κ2) is 5.04. The number of hydrogen-bond acceptors (Lipinski definition) is 3. The van der Waals surface area contributed by atoms with E-state index < -0.39 is 11.9 Å². The SMILES string of the molecule is COc1ccc(C(O)c2cc(Cl)cs2)cc1F. The van der Waals surface area contributed by atoms with Crippen LogP contribution in [0.5, 0.6) is 5.75 Å². The molecule has 0 saturated carbocycles. The van der Waals surface area contributed by atoms with Gasteiger partial charge >= 0.3 is 0 Å². The van der Waals surface area contributed by atoms with Crippen molar-refractivity contribution in [3.05, 3.63) is 50.9 Å². The second-order valence-corrected chi connectivity index (χ2v) is 4.84. The first-order chi connectivity index (χ1) is 8.11. The molecule has 0 spiro atoms. The van der Waals surface area contributed by atoms with Gasteiger partial charge in [0.2, 0.25) is 0 Å². The minimum Gasteiger partial charge on any atom is -0.494 e. The molecule has 0 aliphatic rings. The lowest BCUT2D eigenvalue weighted by Gasteiger charge is -2.10. The van der Waals surface area contributed by atoms with Crippen molar-refractivity contribution in [1.82, 2.24) is 0 Å². The maximum atomic E-state index is 13.5. The van der Waals surface area contributed by atoms with Crippen molar-refractivity contribution in [3.63, 3.8) is 0 Å². The monoisotopic (exact) mass is 272 g/mol. The summed E-state index contributed by atoms with van der Waals surface area (Å²) in [4.78, 5) is 0.680. The highest BCUT2D eigenvalue weighted by Crippen LogP contribution is 2.31. The Bertz CT molecular complexity index is 527. The Hall–Kier alpha value is -1.10. The van der Waals surface area contributed by atoms with Crippen molar-refractivity contribution in [1.29, 1.82) is 0 Å². The third kappa shape index (κ3) is 2.60. The summed E-state index contributed by atoms with van der Waals surface area (Å²) < 4.78 is 18.3. The molecule has 0 fully saturated rings. The van der Waals surface area contributed by atoms with Gasteiger partial charge in [0.1, 0.15) is 6.10 Å². The first kappa shape index (κ1) is 12.4. The zero-order chi connectivity index (χ0) is 12.4. The highest BCUT2D eigenvalue weighted by atomic mass is 35.5. The van der Waals surface area contributed by atoms with Gasteiger partial charge in [0.25, 0.3) is 0 Å². The molecule has 1 aromatic carbocycles. The molecule has 1 unspecified atom stereocenters. The summed E-state index contributed by atoms with van der Waals surface area (Å²) in [6.45, 7) is 0. The molecular weight excluding hydrogens is 263 g/mol. The minimum absolute atomic E-state index is 0.158. The molecule has 2 nitrogen and oxygen atoms in total. The van der Waals surface area contributed by atoms with Crippen LogP contribution in [0.25, 0.3) is 0 Å². The fourth-order valence-electron chi connectivity index (χ4n) is 1.49. The Kier molecular flexibility index (Phi) is 3.66. The summed E-state index contributed by atoms with van der Waals surface area (Å²) in [5.41, 5.74) is 0.474. The highest BCUT2D eigenvalue weighted by Gasteiger charge is 2.15. The Morgan fingerprint density at radius 1 is 1.41 bits per heavy atom. The smallest absolute Gasteiger partial charge is 0.165 e. The molecule has 0 amide bonds. The molecule has 1 aromatic heterocycles. The van der Waals surface area contributed by atoms with E-state index in [-0.39, 0.29) is 5.75 Å². The molecule has 1 atom stereocenters. The van der Waals surface area contributed by atoms with Gasteiger partial charge in [0.15, 0.2) is 11.6 Å². The summed E-state index contributed by atoms with van der Waals surface area (Å²) in [5, 5.41) is 12.3. The van der Waals surface area contributed by atoms with E-state index in [2.05, 4.69) is 0 Å². The number of hydrogen-bond donors (Lipinski definition) is 1. The predicted octanol–water partition coefficient (Wildman–Crippen LogP) is 3.63. The van der Waals surface area contributed by atoms with Crippen molar-refractivity contribution in [3.8, 4) is 5.75 Å². The van der Waals surface area contributed by atoms with Gasteiger partial charge in [-0.15, -0.1) is 11.3 Å². The van der Waals surface area contributed by atoms with Crippen LogP contribution in [-0.4, -0.2) is 12.2 Å². The Morgan fingerprint density at radius 2 is 2.18 bits per heavy atom. The highest BCUT2D eigenvalue weighted by molar-refractivity contribution is 7.10. The van der Waals surface area contributed by atoms with Crippen LogP contribution in [0.4, 0.5) is 4.39 Å². The average molecular weight is 273 g/mol. The molecule has 2 rings (SSSR count). The van der Waals surface area contributed by atoms with E-state index in [0.717, 1.165) is 0 Å². The largest absolute Gasteiger partial charge is 0.494 e. The van der Waals surface area contributed by atoms with Gasteiger partial charge in [-0.05, 0) is 23.8 Å². The Labute approximate surface area is 107 Å². The lowest BCUT2D eigenvalue weighted by molar-refractivity contribution is 0.223. The number of aliphatic hydroxyl groups is 1. The van der Waals surface area contributed by atoms with Gasteiger partial charge in [-0.3, -0.25) is 0 Å². The van der Waals surface area contributed by atoms with Crippen LogP contribution in [0, 0.1) is 5.82 Å². The molecule has 5 heteroatoms. The van der Waals surface area contributed by atoms with Gasteiger partial charge in [0, 0.05) is 10.3 Å². The van der Waals surface area contributed by atoms with Crippen molar-refractivity contribution < 1.29 is 14.2 Å². The molecule has 0 aliphatic carbocycles. The maximum Gasteiger partial charge on any atom is 0.165 e. The van der Waals surface area contributed by atoms with Gasteiger partial charge in [-0.1, -0.05) is 17.7 Å². The van der Waals surface area contributed by atoms with Crippen LogP contribution in [-0.2, 0) is 0 Å². The van der Waals surface area contributed by atoms with Crippen molar-refractivity contribution in [2.75, 3.05) is 7.11 Å². The van der Waals surface area contributed by atoms with Gasteiger partial charge in [-0.25, -0.2) is 4.39 Å². The van der Waals surface area contributed by atoms with Crippen molar-refractivity contribution >= 4 is 22.9 Å². The average Bonchev–Trinajstić information content (AvgIpc) is 2.75. The Balaban J connectivity index is 2.31. The predicted molar refractivity (Wildman–Crippen MR) is 66.3 cm³/mol. The summed E-state index contributed by atoms with van der Waals surface area (Å²) in [5.74, 6) is -0.336. The van der Waals surface area contributed by atoms with Crippen LogP contribution in [0.1, 0.15) is 16.5 Å². The molecular formula is C12H10ClFO2S. The lowest BCUT2D eigenvalue weighted by atomic mass is 10.1. The number of methoxy groups -OCH3 is 1. The number of rotatable bonds is 3. The molecule has 1 heterocycles.